The van der Waals surface area contributed by atoms with Gasteiger partial charge in [-0.1, -0.05) is 6.92 Å². The molecule has 17 heavy (non-hydrogen) atoms. The fraction of sp³-hybridized carbons (Fsp3) is 0.923. The summed E-state index contributed by atoms with van der Waals surface area (Å²) < 4.78 is 0. The average molecular weight is 242 g/mol. The molecule has 0 aromatic heterocycles. The Morgan fingerprint density at radius 2 is 2.00 bits per heavy atom. The maximum atomic E-state index is 12.1. The summed E-state index contributed by atoms with van der Waals surface area (Å²) >= 11 is 0. The molecular formula is C13H26N2O2. The van der Waals surface area contributed by atoms with Crippen LogP contribution < -0.4 is 0 Å². The molecule has 1 aliphatic heterocycles. The molecule has 0 aromatic rings. The largest absolute Gasteiger partial charge is 0.395 e. The van der Waals surface area contributed by atoms with Gasteiger partial charge < -0.3 is 10.0 Å². The van der Waals surface area contributed by atoms with Gasteiger partial charge in [0.15, 0.2) is 0 Å². The summed E-state index contributed by atoms with van der Waals surface area (Å²) in [6.45, 7) is 9.27. The predicted molar refractivity (Wildman–Crippen MR) is 68.8 cm³/mol. The summed E-state index contributed by atoms with van der Waals surface area (Å²) in [4.78, 5) is 16.1. The highest BCUT2D eigenvalue weighted by atomic mass is 16.3. The molecule has 4 heteroatoms. The van der Waals surface area contributed by atoms with Crippen LogP contribution in [0, 0.1) is 5.92 Å². The number of piperidine rings is 1. The smallest absolute Gasteiger partial charge is 0.236 e. The number of carbonyl (C=O) groups excluding carboxylic acids is 1. The highest BCUT2D eigenvalue weighted by Crippen LogP contribution is 2.16. The molecule has 0 aromatic carbocycles. The minimum Gasteiger partial charge on any atom is -0.395 e. The van der Waals surface area contributed by atoms with Gasteiger partial charge in [0.1, 0.15) is 0 Å². The van der Waals surface area contributed by atoms with Crippen LogP contribution in [0.5, 0.6) is 0 Å². The Bertz CT molecular complexity index is 236. The van der Waals surface area contributed by atoms with E-state index in [9.17, 15) is 4.79 Å². The number of hydrogen-bond donors (Lipinski definition) is 1. The fourth-order valence-corrected chi connectivity index (χ4v) is 2.18. The second kappa shape index (κ2) is 6.97. The lowest BCUT2D eigenvalue weighted by atomic mass is 9.99. The van der Waals surface area contributed by atoms with Gasteiger partial charge in [-0.3, -0.25) is 9.69 Å². The van der Waals surface area contributed by atoms with E-state index in [-0.39, 0.29) is 12.5 Å². The Labute approximate surface area is 105 Å². The number of amides is 1. The number of nitrogens with zero attached hydrogens (tertiary/aromatic N) is 2. The number of aliphatic hydroxyl groups is 1. The van der Waals surface area contributed by atoms with Crippen LogP contribution in [0.25, 0.3) is 0 Å². The Hall–Kier alpha value is -0.610. The standard InChI is InChI=1S/C13H26N2O2/c1-11(2)15(8-9-16)10-13(17)14-6-4-12(3)5-7-14/h11-12,16H,4-10H2,1-3H3. The number of hydrogen-bond acceptors (Lipinski definition) is 3. The SMILES string of the molecule is CC1CCN(C(=O)CN(CCO)C(C)C)CC1. The first kappa shape index (κ1) is 14.5. The summed E-state index contributed by atoms with van der Waals surface area (Å²) in [5.74, 6) is 0.955. The molecule has 1 N–H and O–H groups in total. The first-order valence-corrected chi connectivity index (χ1v) is 6.67. The van der Waals surface area contributed by atoms with Crippen molar-refractivity contribution in [2.45, 2.75) is 39.7 Å². The van der Waals surface area contributed by atoms with Crippen LogP contribution in [0.3, 0.4) is 0 Å². The van der Waals surface area contributed by atoms with Gasteiger partial charge in [-0.05, 0) is 32.6 Å². The Morgan fingerprint density at radius 1 is 1.41 bits per heavy atom. The van der Waals surface area contributed by atoms with Crippen molar-refractivity contribution in [3.8, 4) is 0 Å². The zero-order chi connectivity index (χ0) is 12.8. The van der Waals surface area contributed by atoms with Gasteiger partial charge in [0, 0.05) is 25.7 Å². The molecule has 0 spiro atoms. The van der Waals surface area contributed by atoms with Crippen molar-refractivity contribution in [2.24, 2.45) is 5.92 Å². The van der Waals surface area contributed by atoms with Crippen LogP contribution in [-0.2, 0) is 4.79 Å². The van der Waals surface area contributed by atoms with Crippen molar-refractivity contribution in [3.63, 3.8) is 0 Å². The molecule has 0 radical (unpaired) electrons. The number of likely N-dealkylation sites (tertiary alicyclic amines) is 1. The minimum absolute atomic E-state index is 0.114. The molecule has 100 valence electrons. The number of aliphatic hydroxyl groups excluding tert-OH is 1. The molecule has 4 nitrogen and oxygen atoms in total. The number of rotatable bonds is 5. The van der Waals surface area contributed by atoms with Crippen molar-refractivity contribution in [2.75, 3.05) is 32.8 Å². The third kappa shape index (κ3) is 4.64. The van der Waals surface area contributed by atoms with Gasteiger partial charge in [0.25, 0.3) is 0 Å². The summed E-state index contributed by atoms with van der Waals surface area (Å²) in [5.41, 5.74) is 0. The fourth-order valence-electron chi connectivity index (χ4n) is 2.18. The van der Waals surface area contributed by atoms with Gasteiger partial charge in [0.2, 0.25) is 5.91 Å². The molecule has 1 saturated heterocycles. The third-order valence-electron chi connectivity index (χ3n) is 3.59. The lowest BCUT2D eigenvalue weighted by molar-refractivity contribution is -0.134. The molecular weight excluding hydrogens is 216 g/mol. The second-order valence-electron chi connectivity index (χ2n) is 5.35. The van der Waals surface area contributed by atoms with E-state index in [1.165, 1.54) is 0 Å². The molecule has 1 rings (SSSR count). The minimum atomic E-state index is 0.114. The molecule has 1 aliphatic rings. The van der Waals surface area contributed by atoms with Gasteiger partial charge in [-0.15, -0.1) is 0 Å². The van der Waals surface area contributed by atoms with Gasteiger partial charge in [-0.25, -0.2) is 0 Å². The van der Waals surface area contributed by atoms with Crippen LogP contribution in [0.2, 0.25) is 0 Å². The second-order valence-corrected chi connectivity index (χ2v) is 5.35. The molecule has 0 unspecified atom stereocenters. The normalized spacial score (nSPS) is 18.1. The lowest BCUT2D eigenvalue weighted by Crippen LogP contribution is -2.46. The van der Waals surface area contributed by atoms with E-state index in [0.717, 1.165) is 31.8 Å². The van der Waals surface area contributed by atoms with Gasteiger partial charge in [0.05, 0.1) is 13.2 Å². The Balaban J connectivity index is 2.41. The van der Waals surface area contributed by atoms with Crippen molar-refractivity contribution in [1.29, 1.82) is 0 Å². The topological polar surface area (TPSA) is 43.8 Å². The summed E-state index contributed by atoms with van der Waals surface area (Å²) in [5, 5.41) is 8.98. The maximum Gasteiger partial charge on any atom is 0.236 e. The molecule has 1 heterocycles. The van der Waals surface area contributed by atoms with E-state index < -0.39 is 0 Å². The first-order valence-electron chi connectivity index (χ1n) is 6.67. The predicted octanol–water partition coefficient (Wildman–Crippen LogP) is 0.948. The zero-order valence-corrected chi connectivity index (χ0v) is 11.4. The molecule has 0 aliphatic carbocycles. The summed E-state index contributed by atoms with van der Waals surface area (Å²) in [7, 11) is 0. The summed E-state index contributed by atoms with van der Waals surface area (Å²) in [6.07, 6.45) is 2.24. The quantitative estimate of drug-likeness (QED) is 0.780. The van der Waals surface area contributed by atoms with E-state index in [0.29, 0.717) is 19.1 Å². The molecule has 1 amide bonds. The van der Waals surface area contributed by atoms with Crippen molar-refractivity contribution >= 4 is 5.91 Å². The highest BCUT2D eigenvalue weighted by molar-refractivity contribution is 5.78. The van der Waals surface area contributed by atoms with Crippen LogP contribution >= 0.6 is 0 Å². The van der Waals surface area contributed by atoms with Crippen molar-refractivity contribution in [3.05, 3.63) is 0 Å². The van der Waals surface area contributed by atoms with E-state index in [4.69, 9.17) is 5.11 Å². The van der Waals surface area contributed by atoms with Gasteiger partial charge >= 0.3 is 0 Å². The van der Waals surface area contributed by atoms with Crippen molar-refractivity contribution in [1.82, 2.24) is 9.80 Å². The summed E-state index contributed by atoms with van der Waals surface area (Å²) in [6, 6.07) is 0.301. The zero-order valence-electron chi connectivity index (χ0n) is 11.4. The third-order valence-corrected chi connectivity index (χ3v) is 3.59. The lowest BCUT2D eigenvalue weighted by Gasteiger charge is -2.33. The number of carbonyl (C=O) groups is 1. The molecule has 0 saturated carbocycles. The van der Waals surface area contributed by atoms with Crippen LogP contribution in [0.1, 0.15) is 33.6 Å². The highest BCUT2D eigenvalue weighted by Gasteiger charge is 2.22. The Kier molecular flexibility index (Phi) is 5.92. The van der Waals surface area contributed by atoms with Crippen LogP contribution in [-0.4, -0.2) is 59.6 Å². The van der Waals surface area contributed by atoms with Gasteiger partial charge in [-0.2, -0.15) is 0 Å². The Morgan fingerprint density at radius 3 is 2.47 bits per heavy atom. The average Bonchev–Trinajstić information content (AvgIpc) is 2.29. The van der Waals surface area contributed by atoms with Crippen LogP contribution in [0.4, 0.5) is 0 Å². The molecule has 1 fully saturated rings. The maximum absolute atomic E-state index is 12.1. The van der Waals surface area contributed by atoms with E-state index >= 15 is 0 Å². The molecule has 0 atom stereocenters. The van der Waals surface area contributed by atoms with E-state index in [1.807, 2.05) is 9.80 Å². The first-order chi connectivity index (χ1) is 8.04. The molecule has 0 bridgehead atoms. The van der Waals surface area contributed by atoms with E-state index in [2.05, 4.69) is 20.8 Å². The van der Waals surface area contributed by atoms with Crippen molar-refractivity contribution < 1.29 is 9.90 Å². The van der Waals surface area contributed by atoms with E-state index in [1.54, 1.807) is 0 Å². The monoisotopic (exact) mass is 242 g/mol. The van der Waals surface area contributed by atoms with Crippen LogP contribution in [0.15, 0.2) is 0 Å².